The van der Waals surface area contributed by atoms with Crippen LogP contribution in [0.3, 0.4) is 0 Å². The largest absolute Gasteiger partial charge is 0.496 e. The summed E-state index contributed by atoms with van der Waals surface area (Å²) in [7, 11) is 1.62. The number of rotatable bonds is 3. The van der Waals surface area contributed by atoms with Gasteiger partial charge < -0.3 is 4.74 Å². The van der Waals surface area contributed by atoms with Gasteiger partial charge in [0.05, 0.1) is 7.11 Å². The number of aryl methyl sites for hydroxylation is 1. The summed E-state index contributed by atoms with van der Waals surface area (Å²) in [6.07, 6.45) is 0.854. The Kier molecular flexibility index (Phi) is 3.24. The zero-order chi connectivity index (χ0) is 12.3. The average Bonchev–Trinajstić information content (AvgIpc) is 2.39. The van der Waals surface area contributed by atoms with Crippen molar-refractivity contribution in [3.63, 3.8) is 0 Å². The average molecular weight is 226 g/mol. The minimum absolute atomic E-state index is 0.668. The number of benzene rings is 2. The van der Waals surface area contributed by atoms with Gasteiger partial charge in [0.2, 0.25) is 0 Å². The minimum Gasteiger partial charge on any atom is -0.496 e. The number of hydrogen-bond donors (Lipinski definition) is 0. The molecule has 2 aromatic rings. The molecule has 0 atom stereocenters. The molecule has 0 amide bonds. The van der Waals surface area contributed by atoms with Crippen molar-refractivity contribution < 1.29 is 9.53 Å². The second-order valence-electron chi connectivity index (χ2n) is 3.89. The standard InChI is InChI=1S/C15H14O2/c1-11-8-14(12-6-4-3-5-7-12)15(17-2)9-13(11)10-16/h3-10H,1-2H3. The maximum atomic E-state index is 10.9. The molecule has 0 spiro atoms. The Morgan fingerprint density at radius 3 is 2.41 bits per heavy atom. The lowest BCUT2D eigenvalue weighted by Crippen LogP contribution is -1.93. The van der Waals surface area contributed by atoms with Crippen LogP contribution < -0.4 is 4.74 Å². The molecule has 2 rings (SSSR count). The molecule has 2 heteroatoms. The third kappa shape index (κ3) is 2.21. The van der Waals surface area contributed by atoms with Crippen LogP contribution >= 0.6 is 0 Å². The second kappa shape index (κ2) is 4.83. The number of carbonyl (C=O) groups is 1. The molecule has 2 aromatic carbocycles. The van der Waals surface area contributed by atoms with Gasteiger partial charge in [0.15, 0.2) is 0 Å². The Balaban J connectivity index is 2.61. The van der Waals surface area contributed by atoms with Crippen molar-refractivity contribution in [2.45, 2.75) is 6.92 Å². The minimum atomic E-state index is 0.668. The third-order valence-electron chi connectivity index (χ3n) is 2.80. The van der Waals surface area contributed by atoms with Crippen molar-refractivity contribution in [3.05, 3.63) is 53.6 Å². The summed E-state index contributed by atoms with van der Waals surface area (Å²) in [6, 6.07) is 13.8. The maximum absolute atomic E-state index is 10.9. The first-order chi connectivity index (χ1) is 8.26. The summed E-state index contributed by atoms with van der Waals surface area (Å²) in [5.41, 5.74) is 3.72. The van der Waals surface area contributed by atoms with Crippen LogP contribution in [0.5, 0.6) is 5.75 Å². The van der Waals surface area contributed by atoms with Crippen molar-refractivity contribution in [1.29, 1.82) is 0 Å². The molecule has 0 aliphatic heterocycles. The summed E-state index contributed by atoms with van der Waals surface area (Å²) < 4.78 is 5.34. The first-order valence-electron chi connectivity index (χ1n) is 5.45. The highest BCUT2D eigenvalue weighted by molar-refractivity contribution is 5.82. The van der Waals surface area contributed by atoms with E-state index in [0.29, 0.717) is 5.56 Å². The van der Waals surface area contributed by atoms with E-state index >= 15 is 0 Å². The van der Waals surface area contributed by atoms with Crippen LogP contribution in [-0.2, 0) is 0 Å². The van der Waals surface area contributed by atoms with Gasteiger partial charge in [0.25, 0.3) is 0 Å². The van der Waals surface area contributed by atoms with Gasteiger partial charge in [-0.05, 0) is 30.2 Å². The number of methoxy groups -OCH3 is 1. The van der Waals surface area contributed by atoms with E-state index in [-0.39, 0.29) is 0 Å². The fourth-order valence-electron chi connectivity index (χ4n) is 1.84. The van der Waals surface area contributed by atoms with Crippen molar-refractivity contribution >= 4 is 6.29 Å². The molecule has 0 unspecified atom stereocenters. The van der Waals surface area contributed by atoms with E-state index in [2.05, 4.69) is 0 Å². The molecule has 0 aliphatic rings. The van der Waals surface area contributed by atoms with Crippen molar-refractivity contribution in [2.24, 2.45) is 0 Å². The smallest absolute Gasteiger partial charge is 0.150 e. The van der Waals surface area contributed by atoms with Crippen LogP contribution in [0, 0.1) is 6.92 Å². The SMILES string of the molecule is COc1cc(C=O)c(C)cc1-c1ccccc1. The number of hydrogen-bond acceptors (Lipinski definition) is 2. The van der Waals surface area contributed by atoms with E-state index in [9.17, 15) is 4.79 Å². The van der Waals surface area contributed by atoms with E-state index < -0.39 is 0 Å². The van der Waals surface area contributed by atoms with E-state index in [1.807, 2.05) is 43.3 Å². The van der Waals surface area contributed by atoms with Crippen LogP contribution in [0.15, 0.2) is 42.5 Å². The van der Waals surface area contributed by atoms with E-state index in [1.54, 1.807) is 13.2 Å². The highest BCUT2D eigenvalue weighted by Crippen LogP contribution is 2.32. The van der Waals surface area contributed by atoms with Gasteiger partial charge in [-0.3, -0.25) is 4.79 Å². The molecule has 86 valence electrons. The van der Waals surface area contributed by atoms with Crippen molar-refractivity contribution in [3.8, 4) is 16.9 Å². The summed E-state index contributed by atoms with van der Waals surface area (Å²) in [5.74, 6) is 0.726. The topological polar surface area (TPSA) is 26.3 Å². The molecule has 0 aliphatic carbocycles. The van der Waals surface area contributed by atoms with Gasteiger partial charge >= 0.3 is 0 Å². The molecule has 17 heavy (non-hydrogen) atoms. The van der Waals surface area contributed by atoms with Gasteiger partial charge in [-0.15, -0.1) is 0 Å². The van der Waals surface area contributed by atoms with Crippen LogP contribution in [0.4, 0.5) is 0 Å². The summed E-state index contributed by atoms with van der Waals surface area (Å²) >= 11 is 0. The van der Waals surface area contributed by atoms with Crippen LogP contribution in [-0.4, -0.2) is 13.4 Å². The maximum Gasteiger partial charge on any atom is 0.150 e. The fourth-order valence-corrected chi connectivity index (χ4v) is 1.84. The Hall–Kier alpha value is -2.09. The zero-order valence-corrected chi connectivity index (χ0v) is 9.94. The Bertz CT molecular complexity index is 530. The van der Waals surface area contributed by atoms with Gasteiger partial charge in [-0.25, -0.2) is 0 Å². The first kappa shape index (κ1) is 11.4. The molecule has 0 saturated carbocycles. The van der Waals surface area contributed by atoms with Crippen LogP contribution in [0.1, 0.15) is 15.9 Å². The lowest BCUT2D eigenvalue weighted by atomic mass is 9.99. The monoisotopic (exact) mass is 226 g/mol. The van der Waals surface area contributed by atoms with Gasteiger partial charge in [0.1, 0.15) is 12.0 Å². The molecule has 2 nitrogen and oxygen atoms in total. The molecule has 0 saturated heterocycles. The molecule has 0 bridgehead atoms. The molecular formula is C15H14O2. The fraction of sp³-hybridized carbons (Fsp3) is 0.133. The van der Waals surface area contributed by atoms with E-state index in [1.165, 1.54) is 0 Å². The Labute approximate surface area is 101 Å². The lowest BCUT2D eigenvalue weighted by Gasteiger charge is -2.11. The highest BCUT2D eigenvalue weighted by atomic mass is 16.5. The summed E-state index contributed by atoms with van der Waals surface area (Å²) in [5, 5.41) is 0. The Morgan fingerprint density at radius 2 is 1.82 bits per heavy atom. The molecule has 0 heterocycles. The Morgan fingerprint density at radius 1 is 1.12 bits per heavy atom. The molecule has 0 N–H and O–H groups in total. The quantitative estimate of drug-likeness (QED) is 0.749. The second-order valence-corrected chi connectivity index (χ2v) is 3.89. The van der Waals surface area contributed by atoms with Crippen LogP contribution in [0.25, 0.3) is 11.1 Å². The molecule has 0 radical (unpaired) electrons. The van der Waals surface area contributed by atoms with Gasteiger partial charge in [0, 0.05) is 11.1 Å². The molecular weight excluding hydrogens is 212 g/mol. The van der Waals surface area contributed by atoms with Crippen LogP contribution in [0.2, 0.25) is 0 Å². The predicted molar refractivity (Wildman–Crippen MR) is 68.6 cm³/mol. The zero-order valence-electron chi connectivity index (χ0n) is 9.94. The highest BCUT2D eigenvalue weighted by Gasteiger charge is 2.09. The third-order valence-corrected chi connectivity index (χ3v) is 2.80. The van der Waals surface area contributed by atoms with Crippen molar-refractivity contribution in [2.75, 3.05) is 7.11 Å². The number of aldehydes is 1. The molecule has 0 aromatic heterocycles. The lowest BCUT2D eigenvalue weighted by molar-refractivity contribution is 0.112. The normalized spacial score (nSPS) is 10.0. The van der Waals surface area contributed by atoms with Gasteiger partial charge in [-0.1, -0.05) is 30.3 Å². The molecule has 0 fully saturated rings. The van der Waals surface area contributed by atoms with E-state index in [4.69, 9.17) is 4.74 Å². The first-order valence-corrected chi connectivity index (χ1v) is 5.45. The van der Waals surface area contributed by atoms with Gasteiger partial charge in [-0.2, -0.15) is 0 Å². The van der Waals surface area contributed by atoms with E-state index in [0.717, 1.165) is 28.7 Å². The summed E-state index contributed by atoms with van der Waals surface area (Å²) in [6.45, 7) is 1.93. The summed E-state index contributed by atoms with van der Waals surface area (Å²) in [4.78, 5) is 10.9. The predicted octanol–water partition coefficient (Wildman–Crippen LogP) is 3.48. The number of carbonyl (C=O) groups excluding carboxylic acids is 1. The van der Waals surface area contributed by atoms with Crippen molar-refractivity contribution in [1.82, 2.24) is 0 Å². The number of ether oxygens (including phenoxy) is 1.